The van der Waals surface area contributed by atoms with Gasteiger partial charge in [0, 0.05) is 43.3 Å². The molecule has 3 rings (SSSR count). The lowest BCUT2D eigenvalue weighted by molar-refractivity contribution is -0.139. The Kier molecular flexibility index (Phi) is 4.31. The summed E-state index contributed by atoms with van der Waals surface area (Å²) in [6, 6.07) is 4.07. The molecule has 1 N–H and O–H groups in total. The summed E-state index contributed by atoms with van der Waals surface area (Å²) in [5.41, 5.74) is 0.213. The molecule has 0 spiro atoms. The molecule has 2 fully saturated rings. The molecule has 2 aliphatic heterocycles. The number of carbonyl (C=O) groups is 2. The minimum atomic E-state index is -0.477. The Hall–Kier alpha value is -1.66. The summed E-state index contributed by atoms with van der Waals surface area (Å²) in [5.74, 6) is -0.729. The number of nitrogens with one attached hydrogen (secondary N) is 1. The predicted molar refractivity (Wildman–Crippen MR) is 80.1 cm³/mol. The monoisotopic (exact) mass is 325 g/mol. The molecule has 2 aliphatic rings. The van der Waals surface area contributed by atoms with Crippen molar-refractivity contribution in [1.29, 1.82) is 0 Å². The molecule has 0 radical (unpaired) electrons. The van der Waals surface area contributed by atoms with E-state index < -0.39 is 5.82 Å². The number of fused-ring (bicyclic) bond motifs is 1. The van der Waals surface area contributed by atoms with E-state index in [1.807, 2.05) is 0 Å². The maximum atomic E-state index is 13.8. The smallest absolute Gasteiger partial charge is 0.239 e. The number of hydrogen-bond acceptors (Lipinski definition) is 3. The van der Waals surface area contributed by atoms with Crippen molar-refractivity contribution in [3.05, 3.63) is 34.6 Å². The van der Waals surface area contributed by atoms with E-state index >= 15 is 0 Å². The lowest BCUT2D eigenvalue weighted by atomic mass is 10.1. The van der Waals surface area contributed by atoms with E-state index in [1.165, 1.54) is 12.1 Å². The number of halogens is 2. The molecule has 1 aromatic carbocycles. The number of nitrogens with zero attached hydrogens (tertiary/aromatic N) is 2. The van der Waals surface area contributed by atoms with Crippen molar-refractivity contribution in [2.45, 2.75) is 12.5 Å². The largest absolute Gasteiger partial charge is 0.353 e. The van der Waals surface area contributed by atoms with Crippen LogP contribution < -0.4 is 5.32 Å². The van der Waals surface area contributed by atoms with Crippen molar-refractivity contribution < 1.29 is 14.0 Å². The van der Waals surface area contributed by atoms with Crippen LogP contribution in [0.25, 0.3) is 0 Å². The molecule has 118 valence electrons. The zero-order valence-corrected chi connectivity index (χ0v) is 12.8. The van der Waals surface area contributed by atoms with Gasteiger partial charge in [0.05, 0.1) is 6.42 Å². The molecule has 22 heavy (non-hydrogen) atoms. The molecule has 2 heterocycles. The lowest BCUT2D eigenvalue weighted by Gasteiger charge is -2.43. The number of hydrogen-bond donors (Lipinski definition) is 1. The summed E-state index contributed by atoms with van der Waals surface area (Å²) in [4.78, 5) is 28.0. The van der Waals surface area contributed by atoms with Crippen molar-refractivity contribution in [1.82, 2.24) is 15.1 Å². The van der Waals surface area contributed by atoms with Gasteiger partial charge < -0.3 is 10.2 Å². The van der Waals surface area contributed by atoms with E-state index in [0.29, 0.717) is 26.2 Å². The van der Waals surface area contributed by atoms with Crippen LogP contribution in [-0.4, -0.2) is 60.4 Å². The van der Waals surface area contributed by atoms with Crippen LogP contribution in [-0.2, 0) is 16.0 Å². The highest BCUT2D eigenvalue weighted by Crippen LogP contribution is 2.21. The number of benzene rings is 1. The minimum Gasteiger partial charge on any atom is -0.353 e. The zero-order chi connectivity index (χ0) is 15.7. The maximum Gasteiger partial charge on any atom is 0.239 e. The van der Waals surface area contributed by atoms with E-state index in [9.17, 15) is 14.0 Å². The van der Waals surface area contributed by atoms with Crippen LogP contribution in [0.1, 0.15) is 5.56 Å². The third-order valence-electron chi connectivity index (χ3n) is 4.23. The number of rotatable bonds is 2. The minimum absolute atomic E-state index is 0.0484. The molecule has 1 atom stereocenters. The standard InChI is InChI=1S/C15H17ClFN3O2/c16-11-2-1-3-12(17)10(11)8-14(21)20-7-6-19-5-4-18-15(22)13(19)9-20/h1-3,13H,4-9H2,(H,18,22). The Labute approximate surface area is 133 Å². The van der Waals surface area contributed by atoms with Crippen molar-refractivity contribution in [3.8, 4) is 0 Å². The normalized spacial score (nSPS) is 22.2. The lowest BCUT2D eigenvalue weighted by Crippen LogP contribution is -2.64. The highest BCUT2D eigenvalue weighted by atomic mass is 35.5. The Bertz CT molecular complexity index is 590. The quantitative estimate of drug-likeness (QED) is 0.869. The molecule has 1 aromatic rings. The summed E-state index contributed by atoms with van der Waals surface area (Å²) < 4.78 is 13.8. The number of carbonyl (C=O) groups excluding carboxylic acids is 2. The van der Waals surface area contributed by atoms with E-state index in [2.05, 4.69) is 10.2 Å². The van der Waals surface area contributed by atoms with Gasteiger partial charge in [-0.1, -0.05) is 17.7 Å². The number of amides is 2. The number of piperazine rings is 2. The molecule has 2 amide bonds. The van der Waals surface area contributed by atoms with Gasteiger partial charge in [0.15, 0.2) is 0 Å². The highest BCUT2D eigenvalue weighted by molar-refractivity contribution is 6.31. The average Bonchev–Trinajstić information content (AvgIpc) is 2.51. The average molecular weight is 326 g/mol. The van der Waals surface area contributed by atoms with Crippen molar-refractivity contribution >= 4 is 23.4 Å². The van der Waals surface area contributed by atoms with Gasteiger partial charge in [-0.05, 0) is 12.1 Å². The molecule has 1 unspecified atom stereocenters. The van der Waals surface area contributed by atoms with Gasteiger partial charge in [-0.15, -0.1) is 0 Å². The topological polar surface area (TPSA) is 52.7 Å². The Morgan fingerprint density at radius 3 is 2.95 bits per heavy atom. The zero-order valence-electron chi connectivity index (χ0n) is 12.0. The third kappa shape index (κ3) is 2.94. The van der Waals surface area contributed by atoms with Gasteiger partial charge in [-0.3, -0.25) is 14.5 Å². The first-order valence-electron chi connectivity index (χ1n) is 7.28. The molecule has 2 saturated heterocycles. The predicted octanol–water partition coefficient (Wildman–Crippen LogP) is 0.664. The highest BCUT2D eigenvalue weighted by Gasteiger charge is 2.36. The van der Waals surface area contributed by atoms with Crippen molar-refractivity contribution in [2.24, 2.45) is 0 Å². The molecule has 0 aromatic heterocycles. The molecular weight excluding hydrogens is 309 g/mol. The molecule has 0 saturated carbocycles. The first-order chi connectivity index (χ1) is 10.6. The van der Waals surface area contributed by atoms with Crippen molar-refractivity contribution in [2.75, 3.05) is 32.7 Å². The fourth-order valence-corrected chi connectivity index (χ4v) is 3.20. The second-order valence-corrected chi connectivity index (χ2v) is 5.97. The van der Waals surface area contributed by atoms with Crippen LogP contribution in [0.5, 0.6) is 0 Å². The van der Waals surface area contributed by atoms with Gasteiger partial charge >= 0.3 is 0 Å². The first kappa shape index (κ1) is 15.2. The molecule has 5 nitrogen and oxygen atoms in total. The van der Waals surface area contributed by atoms with Gasteiger partial charge in [0.2, 0.25) is 11.8 Å². The van der Waals surface area contributed by atoms with Gasteiger partial charge in [0.25, 0.3) is 0 Å². The van der Waals surface area contributed by atoms with Gasteiger partial charge in [0.1, 0.15) is 11.9 Å². The summed E-state index contributed by atoms with van der Waals surface area (Å²) >= 11 is 5.96. The maximum absolute atomic E-state index is 13.8. The Morgan fingerprint density at radius 1 is 1.36 bits per heavy atom. The molecule has 7 heteroatoms. The van der Waals surface area contributed by atoms with E-state index in [0.717, 1.165) is 6.54 Å². The summed E-state index contributed by atoms with van der Waals surface area (Å²) in [6.07, 6.45) is -0.0835. The van der Waals surface area contributed by atoms with Crippen molar-refractivity contribution in [3.63, 3.8) is 0 Å². The van der Waals surface area contributed by atoms with Crippen LogP contribution in [0.4, 0.5) is 4.39 Å². The molecular formula is C15H17ClFN3O2. The first-order valence-corrected chi connectivity index (χ1v) is 7.66. The summed E-state index contributed by atoms with van der Waals surface area (Å²) in [6.45, 7) is 3.01. The van der Waals surface area contributed by atoms with Crippen LogP contribution in [0.3, 0.4) is 0 Å². The second-order valence-electron chi connectivity index (χ2n) is 5.56. The Balaban J connectivity index is 1.69. The molecule has 0 bridgehead atoms. The van der Waals surface area contributed by atoms with E-state index in [1.54, 1.807) is 11.0 Å². The van der Waals surface area contributed by atoms with Gasteiger partial charge in [-0.2, -0.15) is 0 Å². The third-order valence-corrected chi connectivity index (χ3v) is 4.59. The Morgan fingerprint density at radius 2 is 2.18 bits per heavy atom. The van der Waals surface area contributed by atoms with Crippen LogP contribution in [0.2, 0.25) is 5.02 Å². The molecule has 0 aliphatic carbocycles. The van der Waals surface area contributed by atoms with Crippen LogP contribution in [0, 0.1) is 5.82 Å². The second kappa shape index (κ2) is 6.22. The summed E-state index contributed by atoms with van der Waals surface area (Å²) in [5, 5.41) is 3.06. The van der Waals surface area contributed by atoms with Gasteiger partial charge in [-0.25, -0.2) is 4.39 Å². The van der Waals surface area contributed by atoms with E-state index in [4.69, 9.17) is 11.6 Å². The summed E-state index contributed by atoms with van der Waals surface area (Å²) in [7, 11) is 0. The van der Waals surface area contributed by atoms with E-state index in [-0.39, 0.29) is 34.9 Å². The van der Waals surface area contributed by atoms with Crippen LogP contribution >= 0.6 is 11.6 Å². The van der Waals surface area contributed by atoms with Crippen LogP contribution in [0.15, 0.2) is 18.2 Å². The fourth-order valence-electron chi connectivity index (χ4n) is 2.97. The fraction of sp³-hybridized carbons (Fsp3) is 0.467. The SMILES string of the molecule is O=C1NCCN2CCN(C(=O)Cc3c(F)cccc3Cl)CC12.